The van der Waals surface area contributed by atoms with E-state index >= 15 is 0 Å². The second-order valence-electron chi connectivity index (χ2n) is 7.89. The predicted molar refractivity (Wildman–Crippen MR) is 96.7 cm³/mol. The number of nitrogens with one attached hydrogen (secondary N) is 1. The van der Waals surface area contributed by atoms with Crippen LogP contribution >= 0.6 is 0 Å². The lowest BCUT2D eigenvalue weighted by Crippen LogP contribution is -2.48. The van der Waals surface area contributed by atoms with Crippen LogP contribution in [-0.4, -0.2) is 54.6 Å². The second-order valence-corrected chi connectivity index (χ2v) is 7.89. The van der Waals surface area contributed by atoms with Crippen molar-refractivity contribution < 1.29 is 4.79 Å². The van der Waals surface area contributed by atoms with Crippen LogP contribution in [0, 0.1) is 5.92 Å². The van der Waals surface area contributed by atoms with Crippen molar-refractivity contribution in [3.05, 3.63) is 0 Å². The van der Waals surface area contributed by atoms with E-state index in [2.05, 4.69) is 24.1 Å². The zero-order valence-corrected chi connectivity index (χ0v) is 15.5. The van der Waals surface area contributed by atoms with E-state index in [0.717, 1.165) is 13.1 Å². The van der Waals surface area contributed by atoms with Crippen LogP contribution in [0.5, 0.6) is 0 Å². The van der Waals surface area contributed by atoms with Gasteiger partial charge in [0, 0.05) is 32.2 Å². The molecule has 2 aliphatic rings. The Labute approximate surface area is 143 Å². The molecular formula is C19H37N3O. The number of carbonyl (C=O) groups excluding carboxylic acids is 1. The minimum atomic E-state index is 0.136. The number of likely N-dealkylation sites (tertiary alicyclic amines) is 1. The van der Waals surface area contributed by atoms with Crippen LogP contribution in [0.25, 0.3) is 0 Å². The van der Waals surface area contributed by atoms with E-state index in [1.165, 1.54) is 64.3 Å². The highest BCUT2D eigenvalue weighted by Gasteiger charge is 2.24. The van der Waals surface area contributed by atoms with E-state index in [1.807, 2.05) is 11.9 Å². The molecule has 4 nitrogen and oxygen atoms in total. The molecule has 1 saturated carbocycles. The average Bonchev–Trinajstić information content (AvgIpc) is 2.52. The van der Waals surface area contributed by atoms with E-state index < -0.39 is 0 Å². The Morgan fingerprint density at radius 1 is 1.09 bits per heavy atom. The summed E-state index contributed by atoms with van der Waals surface area (Å²) in [6, 6.07) is 1.19. The lowest BCUT2D eigenvalue weighted by atomic mass is 9.96. The van der Waals surface area contributed by atoms with Crippen molar-refractivity contribution in [3.8, 4) is 0 Å². The molecule has 0 bridgehead atoms. The van der Waals surface area contributed by atoms with E-state index in [1.54, 1.807) is 0 Å². The van der Waals surface area contributed by atoms with E-state index in [-0.39, 0.29) is 6.03 Å². The summed E-state index contributed by atoms with van der Waals surface area (Å²) in [5.74, 6) is 0.612. The van der Waals surface area contributed by atoms with Gasteiger partial charge in [-0.25, -0.2) is 4.79 Å². The highest BCUT2D eigenvalue weighted by atomic mass is 16.2. The van der Waals surface area contributed by atoms with E-state index in [0.29, 0.717) is 18.0 Å². The Balaban J connectivity index is 1.74. The Kier molecular flexibility index (Phi) is 7.68. The molecule has 0 aromatic carbocycles. The van der Waals surface area contributed by atoms with Gasteiger partial charge < -0.3 is 15.1 Å². The van der Waals surface area contributed by atoms with E-state index in [4.69, 9.17) is 0 Å². The van der Waals surface area contributed by atoms with Gasteiger partial charge in [0.2, 0.25) is 0 Å². The van der Waals surface area contributed by atoms with Crippen LogP contribution in [0.15, 0.2) is 0 Å². The van der Waals surface area contributed by atoms with Crippen LogP contribution in [0.3, 0.4) is 0 Å². The molecule has 0 aromatic rings. The van der Waals surface area contributed by atoms with Gasteiger partial charge in [-0.2, -0.15) is 0 Å². The van der Waals surface area contributed by atoms with Crippen LogP contribution in [0.4, 0.5) is 4.79 Å². The molecule has 23 heavy (non-hydrogen) atoms. The summed E-state index contributed by atoms with van der Waals surface area (Å²) in [6.07, 6.45) is 11.4. The molecule has 134 valence electrons. The third-order valence-corrected chi connectivity index (χ3v) is 5.77. The molecule has 2 amide bonds. The molecule has 0 spiro atoms. The van der Waals surface area contributed by atoms with Crippen LogP contribution in [0.1, 0.15) is 71.6 Å². The fourth-order valence-electron chi connectivity index (χ4n) is 4.08. The number of hydrogen-bond acceptors (Lipinski definition) is 2. The number of carbonyl (C=O) groups is 1. The summed E-state index contributed by atoms with van der Waals surface area (Å²) >= 11 is 0. The van der Waals surface area contributed by atoms with Crippen molar-refractivity contribution in [2.45, 2.75) is 83.7 Å². The second kappa shape index (κ2) is 9.51. The summed E-state index contributed by atoms with van der Waals surface area (Å²) in [5, 5.41) is 3.21. The number of hydrogen-bond donors (Lipinski definition) is 1. The predicted octanol–water partition coefficient (Wildman–Crippen LogP) is 3.86. The molecule has 0 radical (unpaired) electrons. The van der Waals surface area contributed by atoms with Crippen molar-refractivity contribution in [2.24, 2.45) is 5.92 Å². The summed E-state index contributed by atoms with van der Waals surface area (Å²) < 4.78 is 0. The highest BCUT2D eigenvalue weighted by molar-refractivity contribution is 5.74. The summed E-state index contributed by atoms with van der Waals surface area (Å²) in [5.41, 5.74) is 0. The van der Waals surface area contributed by atoms with Gasteiger partial charge in [-0.1, -0.05) is 32.1 Å². The van der Waals surface area contributed by atoms with Gasteiger partial charge in [-0.3, -0.25) is 0 Å². The van der Waals surface area contributed by atoms with Gasteiger partial charge in [-0.15, -0.1) is 0 Å². The smallest absolute Gasteiger partial charge is 0.317 e. The van der Waals surface area contributed by atoms with Crippen LogP contribution in [-0.2, 0) is 0 Å². The largest absolute Gasteiger partial charge is 0.338 e. The first kappa shape index (κ1) is 18.6. The molecule has 1 N–H and O–H groups in total. The fourth-order valence-corrected chi connectivity index (χ4v) is 4.08. The fraction of sp³-hybridized carbons (Fsp3) is 0.947. The number of piperidine rings is 1. The first-order valence-electron chi connectivity index (χ1n) is 9.82. The third kappa shape index (κ3) is 5.98. The lowest BCUT2D eigenvalue weighted by Gasteiger charge is -2.36. The zero-order valence-electron chi connectivity index (χ0n) is 15.5. The van der Waals surface area contributed by atoms with Gasteiger partial charge in [0.1, 0.15) is 0 Å². The quantitative estimate of drug-likeness (QED) is 0.852. The monoisotopic (exact) mass is 323 g/mol. The Bertz CT molecular complexity index is 351. The van der Waals surface area contributed by atoms with Gasteiger partial charge in [0.05, 0.1) is 0 Å². The lowest BCUT2D eigenvalue weighted by molar-refractivity contribution is 0.135. The molecule has 2 rings (SSSR count). The number of amides is 2. The minimum Gasteiger partial charge on any atom is -0.338 e. The summed E-state index contributed by atoms with van der Waals surface area (Å²) in [6.45, 7) is 7.71. The minimum absolute atomic E-state index is 0.136. The molecular weight excluding hydrogens is 286 g/mol. The van der Waals surface area contributed by atoms with Crippen molar-refractivity contribution in [1.29, 1.82) is 0 Å². The van der Waals surface area contributed by atoms with Crippen molar-refractivity contribution in [2.75, 3.05) is 26.7 Å². The normalized spacial score (nSPS) is 25.0. The van der Waals surface area contributed by atoms with Gasteiger partial charge in [0.25, 0.3) is 0 Å². The Morgan fingerprint density at radius 2 is 1.74 bits per heavy atom. The molecule has 1 atom stereocenters. The van der Waals surface area contributed by atoms with Gasteiger partial charge >= 0.3 is 6.03 Å². The van der Waals surface area contributed by atoms with Crippen molar-refractivity contribution in [1.82, 2.24) is 15.1 Å². The maximum Gasteiger partial charge on any atom is 0.317 e. The zero-order chi connectivity index (χ0) is 16.7. The molecule has 2 fully saturated rings. The summed E-state index contributed by atoms with van der Waals surface area (Å²) in [4.78, 5) is 17.0. The molecule has 1 heterocycles. The molecule has 1 saturated heterocycles. The van der Waals surface area contributed by atoms with Gasteiger partial charge in [-0.05, 0) is 52.0 Å². The number of nitrogens with zero attached hydrogens (tertiary/aromatic N) is 2. The van der Waals surface area contributed by atoms with E-state index in [9.17, 15) is 4.79 Å². The topological polar surface area (TPSA) is 35.6 Å². The Morgan fingerprint density at radius 3 is 2.39 bits per heavy atom. The molecule has 1 aliphatic heterocycles. The van der Waals surface area contributed by atoms with Crippen LogP contribution in [0.2, 0.25) is 0 Å². The molecule has 4 heteroatoms. The Hall–Kier alpha value is -0.770. The van der Waals surface area contributed by atoms with Gasteiger partial charge in [0.15, 0.2) is 0 Å². The highest BCUT2D eigenvalue weighted by Crippen LogP contribution is 2.21. The SMILES string of the molecule is CC(C)N1CCCC(CNC(=O)N(C)C2CCCCCCC2)C1. The maximum absolute atomic E-state index is 12.5. The standard InChI is InChI=1S/C19H37N3O/c1-16(2)22-13-9-10-17(15-22)14-20-19(23)21(3)18-11-7-5-4-6-8-12-18/h16-18H,4-15H2,1-3H3,(H,20,23). The number of urea groups is 1. The molecule has 1 unspecified atom stereocenters. The first-order chi connectivity index (χ1) is 11.1. The first-order valence-corrected chi connectivity index (χ1v) is 9.82. The maximum atomic E-state index is 12.5. The average molecular weight is 324 g/mol. The molecule has 1 aliphatic carbocycles. The van der Waals surface area contributed by atoms with Crippen molar-refractivity contribution >= 4 is 6.03 Å². The van der Waals surface area contributed by atoms with Crippen molar-refractivity contribution in [3.63, 3.8) is 0 Å². The van der Waals surface area contributed by atoms with Crippen LogP contribution < -0.4 is 5.32 Å². The number of rotatable bonds is 4. The summed E-state index contributed by atoms with van der Waals surface area (Å²) in [7, 11) is 1.99. The molecule has 0 aromatic heterocycles. The third-order valence-electron chi connectivity index (χ3n) is 5.77.